The summed E-state index contributed by atoms with van der Waals surface area (Å²) in [5, 5.41) is 44.6. The van der Waals surface area contributed by atoms with Gasteiger partial charge in [-0.25, -0.2) is 14.9 Å². The van der Waals surface area contributed by atoms with E-state index in [-0.39, 0.29) is 45.4 Å². The van der Waals surface area contributed by atoms with E-state index >= 15 is 0 Å². The molecule has 37 heavy (non-hydrogen) atoms. The molecule has 0 fully saturated rings. The average Bonchev–Trinajstić information content (AvgIpc) is 2.83. The Morgan fingerprint density at radius 1 is 0.730 bits per heavy atom. The molecule has 0 aliphatic carbocycles. The summed E-state index contributed by atoms with van der Waals surface area (Å²) in [6.45, 7) is 3.28. The molecule has 214 valence electrons. The molecule has 1 atom stereocenters. The summed E-state index contributed by atoms with van der Waals surface area (Å²) in [6, 6.07) is 0. The summed E-state index contributed by atoms with van der Waals surface area (Å²) in [6.07, 6.45) is 6.27. The molecule has 0 aliphatic heterocycles. The van der Waals surface area contributed by atoms with Crippen LogP contribution in [0.15, 0.2) is 0 Å². The van der Waals surface area contributed by atoms with Crippen LogP contribution in [-0.4, -0.2) is 92.1 Å². The highest BCUT2D eigenvalue weighted by atomic mass is 16.5. The Bertz CT molecular complexity index is 735. The minimum Gasteiger partial charge on any atom is -0.479 e. The first kappa shape index (κ1) is 34.2. The lowest BCUT2D eigenvalue weighted by Crippen LogP contribution is -2.47. The van der Waals surface area contributed by atoms with E-state index in [9.17, 15) is 44.6 Å². The number of carboxylic acids is 1. The van der Waals surface area contributed by atoms with Crippen LogP contribution >= 0.6 is 0 Å². The number of hydroxylamine groups is 4. The van der Waals surface area contributed by atoms with Gasteiger partial charge in [0.2, 0.25) is 23.6 Å². The summed E-state index contributed by atoms with van der Waals surface area (Å²) in [5.74, 6) is -4.35. The number of unbranched alkanes of at least 4 members (excludes halogenated alkanes) is 6. The van der Waals surface area contributed by atoms with Crippen LogP contribution in [-0.2, 0) is 24.0 Å². The van der Waals surface area contributed by atoms with Crippen LogP contribution in [0, 0.1) is 0 Å². The second-order valence-corrected chi connectivity index (χ2v) is 9.13. The maximum atomic E-state index is 12.1. The Balaban J connectivity index is 4.24. The predicted octanol–water partition coefficient (Wildman–Crippen LogP) is 1.19. The van der Waals surface area contributed by atoms with Crippen molar-refractivity contribution in [3.63, 3.8) is 0 Å². The maximum Gasteiger partial charge on any atom is 0.336 e. The molecule has 0 radical (unpaired) electrons. The van der Waals surface area contributed by atoms with Gasteiger partial charge in [-0.3, -0.25) is 29.6 Å². The number of nitrogens with zero attached hydrogens (tertiary/aromatic N) is 2. The molecule has 0 aromatic heterocycles. The molecule has 0 aromatic rings. The van der Waals surface area contributed by atoms with Gasteiger partial charge in [0.05, 0.1) is 25.9 Å². The van der Waals surface area contributed by atoms with Crippen LogP contribution in [0.2, 0.25) is 0 Å². The number of hydrogen-bond donors (Lipinski definition) is 6. The van der Waals surface area contributed by atoms with Gasteiger partial charge in [0.15, 0.2) is 5.60 Å². The van der Waals surface area contributed by atoms with Gasteiger partial charge in [-0.2, -0.15) is 0 Å². The number of aliphatic hydroxyl groups is 1. The van der Waals surface area contributed by atoms with E-state index in [1.54, 1.807) is 0 Å². The first-order valence-corrected chi connectivity index (χ1v) is 12.9. The van der Waals surface area contributed by atoms with Crippen molar-refractivity contribution >= 4 is 29.6 Å². The molecule has 0 aromatic carbocycles. The Kier molecular flexibility index (Phi) is 17.9. The van der Waals surface area contributed by atoms with Crippen LogP contribution in [0.4, 0.5) is 0 Å². The van der Waals surface area contributed by atoms with Crippen LogP contribution < -0.4 is 10.6 Å². The third-order valence-electron chi connectivity index (χ3n) is 5.69. The molecule has 0 heterocycles. The summed E-state index contributed by atoms with van der Waals surface area (Å²) < 4.78 is 0. The number of carbonyl (C=O) groups excluding carboxylic acids is 4. The van der Waals surface area contributed by atoms with Crippen molar-refractivity contribution in [1.29, 1.82) is 0 Å². The molecule has 0 spiro atoms. The van der Waals surface area contributed by atoms with Crippen LogP contribution in [0.3, 0.4) is 0 Å². The van der Waals surface area contributed by atoms with E-state index in [1.165, 1.54) is 19.3 Å². The molecule has 0 aliphatic rings. The molecule has 4 amide bonds. The molecule has 0 saturated carbocycles. The number of carbonyl (C=O) groups is 5. The standard InChI is InChI=1S/C24H44N4O9/c1-3-4-5-6-7-8-9-12-22(32)28(37)16-11-14-26-21(31)18-24(35,23(33)34)17-20(30)25-13-10-15-27(36)19(2)29/h35-37H,3-18H2,1-2H3,(H,25,30)(H,26,31)(H,33,34)/t24-/m0/s1. The molecular formula is C24H44N4O9. The fourth-order valence-corrected chi connectivity index (χ4v) is 3.43. The number of aliphatic carboxylic acids is 1. The van der Waals surface area contributed by atoms with E-state index < -0.39 is 48.0 Å². The fourth-order valence-electron chi connectivity index (χ4n) is 3.43. The SMILES string of the molecule is CCCCCCCCCC(=O)N(O)CCCNC(=O)C[C@@](O)(CC(=O)NCCCN(O)C(C)=O)C(=O)O. The maximum absolute atomic E-state index is 12.1. The van der Waals surface area contributed by atoms with Crippen molar-refractivity contribution in [1.82, 2.24) is 20.8 Å². The molecule has 13 heteroatoms. The third-order valence-corrected chi connectivity index (χ3v) is 5.69. The second kappa shape index (κ2) is 19.4. The first-order valence-electron chi connectivity index (χ1n) is 12.9. The zero-order valence-corrected chi connectivity index (χ0v) is 22.0. The first-order chi connectivity index (χ1) is 17.4. The lowest BCUT2D eigenvalue weighted by Gasteiger charge is -2.22. The fraction of sp³-hybridized carbons (Fsp3) is 0.792. The molecule has 0 saturated heterocycles. The zero-order chi connectivity index (χ0) is 28.3. The average molecular weight is 533 g/mol. The smallest absolute Gasteiger partial charge is 0.336 e. The van der Waals surface area contributed by atoms with E-state index in [0.717, 1.165) is 26.2 Å². The van der Waals surface area contributed by atoms with Gasteiger partial charge < -0.3 is 20.8 Å². The van der Waals surface area contributed by atoms with Crippen molar-refractivity contribution in [2.45, 2.75) is 96.5 Å². The highest BCUT2D eigenvalue weighted by molar-refractivity contribution is 5.91. The number of hydrogen-bond acceptors (Lipinski definition) is 8. The molecule has 6 N–H and O–H groups in total. The van der Waals surface area contributed by atoms with Gasteiger partial charge in [0.25, 0.3) is 0 Å². The van der Waals surface area contributed by atoms with Gasteiger partial charge >= 0.3 is 5.97 Å². The van der Waals surface area contributed by atoms with Gasteiger partial charge in [0, 0.05) is 26.4 Å². The summed E-state index contributed by atoms with van der Waals surface area (Å²) in [4.78, 5) is 58.5. The normalized spacial score (nSPS) is 12.4. The van der Waals surface area contributed by atoms with E-state index in [4.69, 9.17) is 0 Å². The topological polar surface area (TPSA) is 197 Å². The Hall–Kier alpha value is -2.77. The van der Waals surface area contributed by atoms with Crippen LogP contribution in [0.1, 0.15) is 90.9 Å². The van der Waals surface area contributed by atoms with E-state index in [2.05, 4.69) is 17.6 Å². The number of rotatable bonds is 21. The van der Waals surface area contributed by atoms with Gasteiger partial charge in [-0.15, -0.1) is 0 Å². The molecule has 0 unspecified atom stereocenters. The number of amides is 4. The largest absolute Gasteiger partial charge is 0.479 e. The van der Waals surface area contributed by atoms with Crippen LogP contribution in [0.5, 0.6) is 0 Å². The minimum atomic E-state index is -2.63. The Morgan fingerprint density at radius 2 is 1.19 bits per heavy atom. The molecule has 0 rings (SSSR count). The van der Waals surface area contributed by atoms with E-state index in [0.29, 0.717) is 16.5 Å². The van der Waals surface area contributed by atoms with Crippen molar-refractivity contribution in [2.75, 3.05) is 26.2 Å². The lowest BCUT2D eigenvalue weighted by molar-refractivity contribution is -0.166. The zero-order valence-electron chi connectivity index (χ0n) is 22.0. The van der Waals surface area contributed by atoms with Crippen molar-refractivity contribution in [3.05, 3.63) is 0 Å². The van der Waals surface area contributed by atoms with Gasteiger partial charge in [-0.05, 0) is 19.3 Å². The lowest BCUT2D eigenvalue weighted by atomic mass is 9.94. The number of nitrogens with one attached hydrogen (secondary N) is 2. The van der Waals surface area contributed by atoms with Gasteiger partial charge in [0.1, 0.15) is 0 Å². The van der Waals surface area contributed by atoms with Gasteiger partial charge in [-0.1, -0.05) is 45.4 Å². The highest BCUT2D eigenvalue weighted by Crippen LogP contribution is 2.16. The molecular weight excluding hydrogens is 488 g/mol. The summed E-state index contributed by atoms with van der Waals surface area (Å²) in [7, 11) is 0. The van der Waals surface area contributed by atoms with Crippen molar-refractivity contribution in [3.8, 4) is 0 Å². The molecule has 0 bridgehead atoms. The summed E-state index contributed by atoms with van der Waals surface area (Å²) in [5.41, 5.74) is -2.63. The van der Waals surface area contributed by atoms with Crippen LogP contribution in [0.25, 0.3) is 0 Å². The highest BCUT2D eigenvalue weighted by Gasteiger charge is 2.40. The van der Waals surface area contributed by atoms with E-state index in [1.807, 2.05) is 0 Å². The predicted molar refractivity (Wildman–Crippen MR) is 132 cm³/mol. The van der Waals surface area contributed by atoms with Crippen molar-refractivity contribution in [2.24, 2.45) is 0 Å². The second-order valence-electron chi connectivity index (χ2n) is 9.13. The monoisotopic (exact) mass is 532 g/mol. The minimum absolute atomic E-state index is 0.0143. The third kappa shape index (κ3) is 16.6. The Labute approximate surface area is 218 Å². The Morgan fingerprint density at radius 3 is 1.65 bits per heavy atom. The van der Waals surface area contributed by atoms with Crippen molar-refractivity contribution < 1.29 is 44.6 Å². The number of carboxylic acid groups (broad SMARTS) is 1. The summed E-state index contributed by atoms with van der Waals surface area (Å²) >= 11 is 0. The quantitative estimate of drug-likeness (QED) is 0.0714. The molecule has 13 nitrogen and oxygen atoms in total.